The van der Waals surface area contributed by atoms with Crippen molar-refractivity contribution in [1.29, 1.82) is 0 Å². The summed E-state index contributed by atoms with van der Waals surface area (Å²) >= 11 is 0. The third-order valence-electron chi connectivity index (χ3n) is 4.79. The normalized spacial score (nSPS) is 11.0. The zero-order valence-electron chi connectivity index (χ0n) is 18.9. The van der Waals surface area contributed by atoms with Gasteiger partial charge in [0.25, 0.3) is 10.0 Å². The number of ether oxygens (including phenoxy) is 1. The van der Waals surface area contributed by atoms with E-state index in [1.165, 1.54) is 19.2 Å². The van der Waals surface area contributed by atoms with E-state index in [1.807, 2.05) is 19.1 Å². The highest BCUT2D eigenvalue weighted by atomic mass is 32.2. The summed E-state index contributed by atoms with van der Waals surface area (Å²) in [5.74, 6) is 3.07. The molecule has 0 saturated carbocycles. The lowest BCUT2D eigenvalue weighted by atomic mass is 10.3. The molecule has 0 atom stereocenters. The minimum Gasteiger partial charge on any atom is -0.497 e. The van der Waals surface area contributed by atoms with Crippen LogP contribution >= 0.6 is 0 Å². The number of hydrogen-bond acceptors (Lipinski definition) is 8. The highest BCUT2D eigenvalue weighted by molar-refractivity contribution is 7.92. The largest absolute Gasteiger partial charge is 0.497 e. The number of nitrogens with one attached hydrogen (secondary N) is 3. The van der Waals surface area contributed by atoms with Crippen LogP contribution in [0, 0.1) is 13.8 Å². The van der Waals surface area contributed by atoms with E-state index in [9.17, 15) is 8.42 Å². The number of methoxy groups -OCH3 is 1. The van der Waals surface area contributed by atoms with E-state index >= 15 is 0 Å². The van der Waals surface area contributed by atoms with Crippen molar-refractivity contribution in [2.24, 2.45) is 0 Å². The van der Waals surface area contributed by atoms with Gasteiger partial charge < -0.3 is 15.4 Å². The SMILES string of the molecule is COc1ccc(S(=O)(=O)Nc2ccc(Nc3cc(Nc4cc(C)ccn4)nc(C)n3)cc2)cc1. The van der Waals surface area contributed by atoms with Crippen LogP contribution in [0.1, 0.15) is 11.4 Å². The average Bonchev–Trinajstić information content (AvgIpc) is 2.80. The van der Waals surface area contributed by atoms with Crippen LogP contribution in [-0.2, 0) is 10.0 Å². The molecule has 2 aromatic heterocycles. The van der Waals surface area contributed by atoms with Crippen LogP contribution in [-0.4, -0.2) is 30.5 Å². The third kappa shape index (κ3) is 5.78. The molecule has 9 nitrogen and oxygen atoms in total. The molecule has 2 aromatic carbocycles. The Morgan fingerprint density at radius 3 is 2.06 bits per heavy atom. The Hall–Kier alpha value is -4.18. The first kappa shape index (κ1) is 23.0. The zero-order valence-corrected chi connectivity index (χ0v) is 19.7. The number of pyridine rings is 1. The van der Waals surface area contributed by atoms with Crippen LogP contribution < -0.4 is 20.1 Å². The highest BCUT2D eigenvalue weighted by Crippen LogP contribution is 2.23. The van der Waals surface area contributed by atoms with E-state index in [4.69, 9.17) is 4.74 Å². The summed E-state index contributed by atoms with van der Waals surface area (Å²) in [6.45, 7) is 3.79. The van der Waals surface area contributed by atoms with Gasteiger partial charge >= 0.3 is 0 Å². The van der Waals surface area contributed by atoms with Gasteiger partial charge in [-0.05, 0) is 80.1 Å². The molecule has 3 N–H and O–H groups in total. The van der Waals surface area contributed by atoms with Crippen LogP contribution in [0.3, 0.4) is 0 Å². The Morgan fingerprint density at radius 1 is 0.765 bits per heavy atom. The summed E-state index contributed by atoms with van der Waals surface area (Å²) in [4.78, 5) is 13.3. The topological polar surface area (TPSA) is 118 Å². The van der Waals surface area contributed by atoms with Gasteiger partial charge in [0.15, 0.2) is 0 Å². The minimum atomic E-state index is -3.71. The Labute approximate surface area is 198 Å². The first-order chi connectivity index (χ1) is 16.3. The zero-order chi connectivity index (χ0) is 24.1. The summed E-state index contributed by atoms with van der Waals surface area (Å²) < 4.78 is 32.9. The summed E-state index contributed by atoms with van der Waals surface area (Å²) in [5, 5.41) is 6.40. The standard InChI is InChI=1S/C24H24N6O3S/c1-16-12-13-25-22(14-16)29-24-15-23(26-17(2)27-24)28-18-4-6-19(7-5-18)30-34(31,32)21-10-8-20(33-3)9-11-21/h4-15,30H,1-3H3,(H2,25,26,27,28,29). The van der Waals surface area contributed by atoms with E-state index in [1.54, 1.807) is 55.6 Å². The van der Waals surface area contributed by atoms with Crippen molar-refractivity contribution in [2.75, 3.05) is 22.5 Å². The molecule has 4 rings (SSSR count). The van der Waals surface area contributed by atoms with Gasteiger partial charge in [-0.2, -0.15) is 0 Å². The maximum Gasteiger partial charge on any atom is 0.261 e. The molecule has 4 aromatic rings. The Kier molecular flexibility index (Phi) is 6.60. The van der Waals surface area contributed by atoms with Crippen LogP contribution in [0.5, 0.6) is 5.75 Å². The number of benzene rings is 2. The summed E-state index contributed by atoms with van der Waals surface area (Å²) in [6.07, 6.45) is 1.73. The first-order valence-electron chi connectivity index (χ1n) is 10.4. The molecule has 0 aliphatic rings. The van der Waals surface area contributed by atoms with Crippen molar-refractivity contribution in [3.05, 3.63) is 84.3 Å². The van der Waals surface area contributed by atoms with Crippen molar-refractivity contribution in [3.8, 4) is 5.75 Å². The van der Waals surface area contributed by atoms with Crippen LogP contribution in [0.25, 0.3) is 0 Å². The fraction of sp³-hybridized carbons (Fsp3) is 0.125. The molecule has 174 valence electrons. The van der Waals surface area contributed by atoms with Crippen LogP contribution in [0.15, 0.2) is 77.8 Å². The molecule has 0 aliphatic heterocycles. The van der Waals surface area contributed by atoms with E-state index in [0.29, 0.717) is 34.7 Å². The van der Waals surface area contributed by atoms with E-state index in [-0.39, 0.29) is 4.90 Å². The quantitative estimate of drug-likeness (QED) is 0.332. The lowest BCUT2D eigenvalue weighted by Gasteiger charge is -2.12. The minimum absolute atomic E-state index is 0.148. The number of nitrogens with zero attached hydrogens (tertiary/aromatic N) is 3. The Morgan fingerprint density at radius 2 is 1.41 bits per heavy atom. The molecular weight excluding hydrogens is 452 g/mol. The number of rotatable bonds is 8. The molecule has 0 radical (unpaired) electrons. The van der Waals surface area contributed by atoms with Gasteiger partial charge in [-0.15, -0.1) is 0 Å². The number of aromatic nitrogens is 3. The molecule has 0 aliphatic carbocycles. The lowest BCUT2D eigenvalue weighted by molar-refractivity contribution is 0.414. The van der Waals surface area contributed by atoms with E-state index < -0.39 is 10.0 Å². The van der Waals surface area contributed by atoms with Crippen molar-refractivity contribution < 1.29 is 13.2 Å². The summed E-state index contributed by atoms with van der Waals surface area (Å²) in [5.41, 5.74) is 2.27. The van der Waals surface area contributed by atoms with Gasteiger partial charge in [0, 0.05) is 23.6 Å². The van der Waals surface area contributed by atoms with E-state index in [2.05, 4.69) is 30.3 Å². The molecule has 0 fully saturated rings. The van der Waals surface area contributed by atoms with Gasteiger partial charge in [-0.25, -0.2) is 23.4 Å². The average molecular weight is 477 g/mol. The highest BCUT2D eigenvalue weighted by Gasteiger charge is 2.14. The maximum absolute atomic E-state index is 12.6. The van der Waals surface area contributed by atoms with Gasteiger partial charge in [-0.3, -0.25) is 4.72 Å². The molecule has 0 unspecified atom stereocenters. The molecule has 0 spiro atoms. The molecule has 2 heterocycles. The van der Waals surface area contributed by atoms with Gasteiger partial charge in [0.05, 0.1) is 12.0 Å². The molecular formula is C24H24N6O3S. The molecule has 0 amide bonds. The van der Waals surface area contributed by atoms with Crippen molar-refractivity contribution in [3.63, 3.8) is 0 Å². The number of sulfonamides is 1. The monoisotopic (exact) mass is 476 g/mol. The Balaban J connectivity index is 1.45. The fourth-order valence-electron chi connectivity index (χ4n) is 3.17. The summed E-state index contributed by atoms with van der Waals surface area (Å²) in [6, 6.07) is 18.7. The molecule has 0 bridgehead atoms. The first-order valence-corrected chi connectivity index (χ1v) is 11.9. The summed E-state index contributed by atoms with van der Waals surface area (Å²) in [7, 11) is -2.19. The fourth-order valence-corrected chi connectivity index (χ4v) is 4.23. The predicted molar refractivity (Wildman–Crippen MR) is 133 cm³/mol. The second-order valence-corrected chi connectivity index (χ2v) is 9.19. The second kappa shape index (κ2) is 9.75. The van der Waals surface area contributed by atoms with Crippen molar-refractivity contribution >= 4 is 38.9 Å². The van der Waals surface area contributed by atoms with Gasteiger partial charge in [0.1, 0.15) is 29.0 Å². The van der Waals surface area contributed by atoms with Crippen molar-refractivity contribution in [2.45, 2.75) is 18.7 Å². The second-order valence-electron chi connectivity index (χ2n) is 7.51. The number of anilines is 5. The smallest absolute Gasteiger partial charge is 0.261 e. The van der Waals surface area contributed by atoms with Gasteiger partial charge in [0.2, 0.25) is 0 Å². The van der Waals surface area contributed by atoms with E-state index in [0.717, 1.165) is 11.3 Å². The van der Waals surface area contributed by atoms with Crippen LogP contribution in [0.4, 0.5) is 28.8 Å². The maximum atomic E-state index is 12.6. The number of aryl methyl sites for hydroxylation is 2. The van der Waals surface area contributed by atoms with Crippen molar-refractivity contribution in [1.82, 2.24) is 15.0 Å². The lowest BCUT2D eigenvalue weighted by Crippen LogP contribution is -2.12. The number of hydrogen-bond donors (Lipinski definition) is 3. The third-order valence-corrected chi connectivity index (χ3v) is 6.19. The molecule has 0 saturated heterocycles. The Bertz CT molecular complexity index is 1390. The molecule has 10 heteroatoms. The molecule has 34 heavy (non-hydrogen) atoms. The van der Waals surface area contributed by atoms with Gasteiger partial charge in [-0.1, -0.05) is 0 Å². The predicted octanol–water partition coefficient (Wildman–Crippen LogP) is 4.79. The van der Waals surface area contributed by atoms with Crippen LogP contribution in [0.2, 0.25) is 0 Å².